The van der Waals surface area contributed by atoms with E-state index in [-0.39, 0.29) is 35.5 Å². The molecule has 0 spiro atoms. The highest BCUT2D eigenvalue weighted by atomic mass is 35.5. The largest absolute Gasteiger partial charge is 0.465 e. The van der Waals surface area contributed by atoms with E-state index < -0.39 is 29.7 Å². The Hall–Kier alpha value is -4.39. The number of thiol groups is 2. The monoisotopic (exact) mass is 635 g/mol. The SMILES string of the molecule is COC(=O)c1ccc(CN2C(=O)c3ccc(Cl)cc3NC(=O)C2Cc2ccccn2)cc1NC(=O)c1ccccn1.SS. The van der Waals surface area contributed by atoms with E-state index in [2.05, 4.69) is 43.9 Å². The standard InChI is InChI=1S/C30H24ClN5O5.H2S2/c1-41-30(40)22-10-8-18(14-24(22)34-27(37)23-7-3-5-13-33-23)17-36-26(16-20-6-2-4-12-32-20)28(38)35-25-15-19(31)9-11-21(25)29(36)39;1-2/h2-15,26H,16-17H2,1H3,(H,34,37)(H,35,38);1-2H. The number of aromatic nitrogens is 2. The summed E-state index contributed by atoms with van der Waals surface area (Å²) in [5.41, 5.74) is 2.21. The fourth-order valence-electron chi connectivity index (χ4n) is 4.52. The van der Waals surface area contributed by atoms with Gasteiger partial charge in [0.05, 0.1) is 29.6 Å². The quantitative estimate of drug-likeness (QED) is 0.126. The van der Waals surface area contributed by atoms with Crippen molar-refractivity contribution in [1.82, 2.24) is 14.9 Å². The molecule has 13 heteroatoms. The van der Waals surface area contributed by atoms with Crippen molar-refractivity contribution < 1.29 is 23.9 Å². The van der Waals surface area contributed by atoms with E-state index in [9.17, 15) is 19.2 Å². The molecule has 2 aromatic carbocycles. The van der Waals surface area contributed by atoms with E-state index in [4.69, 9.17) is 16.3 Å². The van der Waals surface area contributed by atoms with Gasteiger partial charge in [-0.15, -0.1) is 23.3 Å². The highest BCUT2D eigenvalue weighted by Crippen LogP contribution is 2.29. The molecule has 3 heterocycles. The summed E-state index contributed by atoms with van der Waals surface area (Å²) in [5, 5.41) is 5.92. The molecule has 4 aromatic rings. The molecule has 10 nitrogen and oxygen atoms in total. The first-order valence-electron chi connectivity index (χ1n) is 12.8. The fraction of sp³-hybridized carbons (Fsp3) is 0.133. The molecule has 1 aliphatic rings. The predicted octanol–water partition coefficient (Wildman–Crippen LogP) is 5.14. The molecule has 2 aromatic heterocycles. The molecule has 0 saturated carbocycles. The van der Waals surface area contributed by atoms with Crippen molar-refractivity contribution in [2.75, 3.05) is 17.7 Å². The van der Waals surface area contributed by atoms with Crippen LogP contribution in [0.2, 0.25) is 5.02 Å². The average molecular weight is 636 g/mol. The van der Waals surface area contributed by atoms with Crippen LogP contribution in [0.5, 0.6) is 0 Å². The molecule has 5 rings (SSSR count). The molecule has 1 unspecified atom stereocenters. The summed E-state index contributed by atoms with van der Waals surface area (Å²) >= 11 is 12.6. The molecule has 2 N–H and O–H groups in total. The summed E-state index contributed by atoms with van der Waals surface area (Å²) in [6.07, 6.45) is 3.26. The Kier molecular flexibility index (Phi) is 10.8. The number of pyridine rings is 2. The number of fused-ring (bicyclic) bond motifs is 1. The number of hydrogen-bond acceptors (Lipinski definition) is 9. The highest BCUT2D eigenvalue weighted by molar-refractivity contribution is 8.59. The van der Waals surface area contributed by atoms with Crippen LogP contribution in [0.4, 0.5) is 11.4 Å². The Labute approximate surface area is 263 Å². The van der Waals surface area contributed by atoms with E-state index in [1.165, 1.54) is 36.4 Å². The van der Waals surface area contributed by atoms with Gasteiger partial charge in [0, 0.05) is 36.1 Å². The maximum absolute atomic E-state index is 13.9. The highest BCUT2D eigenvalue weighted by Gasteiger charge is 2.36. The average Bonchev–Trinajstić information content (AvgIpc) is 3.12. The van der Waals surface area contributed by atoms with E-state index in [1.807, 2.05) is 0 Å². The Morgan fingerprint density at radius 1 is 1.00 bits per heavy atom. The van der Waals surface area contributed by atoms with Crippen molar-refractivity contribution in [2.45, 2.75) is 19.0 Å². The summed E-state index contributed by atoms with van der Waals surface area (Å²) in [4.78, 5) is 62.6. The molecule has 0 saturated heterocycles. The van der Waals surface area contributed by atoms with Crippen molar-refractivity contribution in [3.63, 3.8) is 0 Å². The zero-order valence-electron chi connectivity index (χ0n) is 22.7. The Bertz CT molecular complexity index is 1640. The third kappa shape index (κ3) is 7.53. The van der Waals surface area contributed by atoms with Gasteiger partial charge >= 0.3 is 5.97 Å². The molecule has 0 bridgehead atoms. The summed E-state index contributed by atoms with van der Waals surface area (Å²) in [6.45, 7) is -0.0142. The second kappa shape index (κ2) is 14.7. The van der Waals surface area contributed by atoms with Gasteiger partial charge < -0.3 is 20.3 Å². The number of halogens is 1. The van der Waals surface area contributed by atoms with Gasteiger partial charge in [0.25, 0.3) is 11.8 Å². The van der Waals surface area contributed by atoms with Crippen molar-refractivity contribution in [2.24, 2.45) is 0 Å². The third-order valence-corrected chi connectivity index (χ3v) is 6.76. The zero-order valence-corrected chi connectivity index (χ0v) is 25.3. The molecule has 0 radical (unpaired) electrons. The molecule has 0 fully saturated rings. The van der Waals surface area contributed by atoms with Crippen LogP contribution in [-0.2, 0) is 22.5 Å². The number of carbonyl (C=O) groups excluding carboxylic acids is 4. The molecule has 1 atom stereocenters. The van der Waals surface area contributed by atoms with Crippen LogP contribution in [0.25, 0.3) is 0 Å². The van der Waals surface area contributed by atoms with Crippen molar-refractivity contribution in [3.8, 4) is 0 Å². The van der Waals surface area contributed by atoms with Crippen LogP contribution < -0.4 is 10.6 Å². The number of nitrogens with zero attached hydrogens (tertiary/aromatic N) is 3. The molecular weight excluding hydrogens is 610 g/mol. The summed E-state index contributed by atoms with van der Waals surface area (Å²) in [7, 11) is 1.24. The van der Waals surface area contributed by atoms with Crippen molar-refractivity contribution >= 4 is 70.0 Å². The van der Waals surface area contributed by atoms with Gasteiger partial charge in [-0.05, 0) is 60.2 Å². The van der Waals surface area contributed by atoms with Crippen LogP contribution in [0.15, 0.2) is 85.2 Å². The van der Waals surface area contributed by atoms with E-state index in [0.717, 1.165) is 0 Å². The number of methoxy groups -OCH3 is 1. The van der Waals surface area contributed by atoms with Crippen LogP contribution in [0, 0.1) is 0 Å². The van der Waals surface area contributed by atoms with Crippen LogP contribution in [0.1, 0.15) is 42.5 Å². The van der Waals surface area contributed by atoms with E-state index in [0.29, 0.717) is 22.0 Å². The van der Waals surface area contributed by atoms with Gasteiger partial charge in [0.1, 0.15) is 11.7 Å². The van der Waals surface area contributed by atoms with Gasteiger partial charge in [-0.1, -0.05) is 29.8 Å². The molecule has 220 valence electrons. The van der Waals surface area contributed by atoms with E-state index in [1.54, 1.807) is 60.8 Å². The maximum atomic E-state index is 13.9. The first-order valence-corrected chi connectivity index (χ1v) is 14.8. The summed E-state index contributed by atoms with van der Waals surface area (Å²) in [5.74, 6) is -1.99. The lowest BCUT2D eigenvalue weighted by atomic mass is 10.0. The molecule has 3 amide bonds. The second-order valence-electron chi connectivity index (χ2n) is 9.19. The van der Waals surface area contributed by atoms with Crippen LogP contribution in [0.3, 0.4) is 0 Å². The van der Waals surface area contributed by atoms with Gasteiger partial charge in [-0.3, -0.25) is 24.4 Å². The predicted molar refractivity (Wildman–Crippen MR) is 170 cm³/mol. The number of rotatable bonds is 7. The number of anilines is 2. The minimum absolute atomic E-state index is 0.0142. The first kappa shape index (κ1) is 31.5. The lowest BCUT2D eigenvalue weighted by molar-refractivity contribution is -0.120. The van der Waals surface area contributed by atoms with Gasteiger partial charge in [0.15, 0.2) is 0 Å². The third-order valence-electron chi connectivity index (χ3n) is 6.53. The topological polar surface area (TPSA) is 131 Å². The minimum atomic E-state index is -0.921. The molecule has 1 aliphatic heterocycles. The molecule has 43 heavy (non-hydrogen) atoms. The smallest absolute Gasteiger partial charge is 0.339 e. The number of benzene rings is 2. The van der Waals surface area contributed by atoms with Crippen LogP contribution in [-0.4, -0.2) is 51.7 Å². The Morgan fingerprint density at radius 2 is 1.74 bits per heavy atom. The Morgan fingerprint density at radius 3 is 2.42 bits per heavy atom. The van der Waals surface area contributed by atoms with Crippen LogP contribution >= 0.6 is 34.9 Å². The zero-order chi connectivity index (χ0) is 30.9. The number of hydrogen-bond donors (Lipinski definition) is 4. The van der Waals surface area contributed by atoms with Gasteiger partial charge in [-0.25, -0.2) is 4.79 Å². The minimum Gasteiger partial charge on any atom is -0.465 e. The molecule has 0 aliphatic carbocycles. The van der Waals surface area contributed by atoms with E-state index >= 15 is 0 Å². The second-order valence-corrected chi connectivity index (χ2v) is 9.63. The first-order chi connectivity index (χ1) is 20.8. The fourth-order valence-corrected chi connectivity index (χ4v) is 4.70. The number of carbonyl (C=O) groups is 4. The lowest BCUT2D eigenvalue weighted by Crippen LogP contribution is -2.46. The van der Waals surface area contributed by atoms with Crippen molar-refractivity contribution in [1.29, 1.82) is 0 Å². The number of nitrogens with one attached hydrogen (secondary N) is 2. The van der Waals surface area contributed by atoms with Crippen molar-refractivity contribution in [3.05, 3.63) is 118 Å². The lowest BCUT2D eigenvalue weighted by Gasteiger charge is -2.29. The maximum Gasteiger partial charge on any atom is 0.339 e. The summed E-state index contributed by atoms with van der Waals surface area (Å²) in [6, 6.07) is 18.7. The summed E-state index contributed by atoms with van der Waals surface area (Å²) < 4.78 is 4.89. The number of ether oxygens (including phenoxy) is 1. The normalized spacial score (nSPS) is 14.0. The Balaban J connectivity index is 0.00000207. The number of amides is 3. The number of esters is 1. The van der Waals surface area contributed by atoms with Gasteiger partial charge in [0.2, 0.25) is 5.91 Å². The molecular formula is C30H26ClN5O5S2. The van der Waals surface area contributed by atoms with Gasteiger partial charge in [-0.2, -0.15) is 0 Å².